The summed E-state index contributed by atoms with van der Waals surface area (Å²) in [5.41, 5.74) is 6.45. The first-order valence-corrected chi connectivity index (χ1v) is 14.9. The Morgan fingerprint density at radius 3 is 1.67 bits per heavy atom. The van der Waals surface area contributed by atoms with E-state index < -0.39 is 66.7 Å². The molecule has 7 atom stereocenters. The number of benzene rings is 1. The molecule has 0 heterocycles. The lowest BCUT2D eigenvalue weighted by molar-refractivity contribution is -0.139. The molecule has 0 saturated heterocycles. The van der Waals surface area contributed by atoms with E-state index in [0.29, 0.717) is 18.4 Å². The maximum Gasteiger partial charge on any atom is 0.514 e. The van der Waals surface area contributed by atoms with Crippen molar-refractivity contribution in [3.05, 3.63) is 23.8 Å². The second-order valence-corrected chi connectivity index (χ2v) is 11.2. The highest BCUT2D eigenvalue weighted by Crippen LogP contribution is 2.37. The SMILES string of the molecule is CCCC(C)OC(=O)Oc1ccc(C(C(C)C(C)OC(=O)OC(C)C(C)C)[C@H](N)C(=O)O)cc1OC(=O)OC(C)CCC. The van der Waals surface area contributed by atoms with Crippen molar-refractivity contribution in [2.75, 3.05) is 0 Å². The zero-order valence-electron chi connectivity index (χ0n) is 26.8. The van der Waals surface area contributed by atoms with Crippen LogP contribution in [0.4, 0.5) is 14.4 Å². The van der Waals surface area contributed by atoms with Crippen LogP contribution in [-0.2, 0) is 23.7 Å². The average Bonchev–Trinajstić information content (AvgIpc) is 2.89. The van der Waals surface area contributed by atoms with Gasteiger partial charge in [0.15, 0.2) is 11.5 Å². The largest absolute Gasteiger partial charge is 0.514 e. The molecule has 3 N–H and O–H groups in total. The number of hydrogen-bond acceptors (Lipinski definition) is 11. The van der Waals surface area contributed by atoms with Crippen molar-refractivity contribution in [2.24, 2.45) is 17.6 Å². The Morgan fingerprint density at radius 2 is 1.21 bits per heavy atom. The normalized spacial score (nSPS) is 16.1. The fourth-order valence-electron chi connectivity index (χ4n) is 4.24. The Bertz CT molecular complexity index is 1060. The molecular formula is C31H49NO11. The summed E-state index contributed by atoms with van der Waals surface area (Å²) < 4.78 is 32.1. The second kappa shape index (κ2) is 18.2. The van der Waals surface area contributed by atoms with E-state index in [1.807, 2.05) is 27.7 Å². The van der Waals surface area contributed by atoms with Crippen molar-refractivity contribution in [3.63, 3.8) is 0 Å². The van der Waals surface area contributed by atoms with Gasteiger partial charge in [-0.05, 0) is 64.2 Å². The van der Waals surface area contributed by atoms with Crippen LogP contribution in [0.2, 0.25) is 0 Å². The van der Waals surface area contributed by atoms with Gasteiger partial charge in [-0.25, -0.2) is 14.4 Å². The Labute approximate surface area is 254 Å². The van der Waals surface area contributed by atoms with Crippen LogP contribution in [-0.4, -0.2) is 60.0 Å². The summed E-state index contributed by atoms with van der Waals surface area (Å²) in [6.45, 7) is 16.1. The van der Waals surface area contributed by atoms with Gasteiger partial charge < -0.3 is 39.3 Å². The lowest BCUT2D eigenvalue weighted by Crippen LogP contribution is -2.43. The summed E-state index contributed by atoms with van der Waals surface area (Å²) >= 11 is 0. The molecule has 0 spiro atoms. The van der Waals surface area contributed by atoms with Crippen LogP contribution in [0.1, 0.15) is 99.5 Å². The minimum atomic E-state index is -1.44. The third-order valence-electron chi connectivity index (χ3n) is 7.21. The van der Waals surface area contributed by atoms with Gasteiger partial charge in [-0.1, -0.05) is 53.5 Å². The van der Waals surface area contributed by atoms with Crippen molar-refractivity contribution in [2.45, 2.75) is 124 Å². The first kappa shape index (κ1) is 37.5. The summed E-state index contributed by atoms with van der Waals surface area (Å²) in [5.74, 6) is -3.18. The molecule has 0 aliphatic carbocycles. The van der Waals surface area contributed by atoms with E-state index in [4.69, 9.17) is 34.2 Å². The van der Waals surface area contributed by atoms with E-state index in [9.17, 15) is 24.3 Å². The van der Waals surface area contributed by atoms with Gasteiger partial charge in [0.25, 0.3) is 0 Å². The Kier molecular flexibility index (Phi) is 15.9. The van der Waals surface area contributed by atoms with Crippen LogP contribution in [0.15, 0.2) is 18.2 Å². The molecule has 0 aromatic heterocycles. The van der Waals surface area contributed by atoms with Crippen LogP contribution in [0.5, 0.6) is 11.5 Å². The highest BCUT2D eigenvalue weighted by molar-refractivity contribution is 5.75. The Hall–Kier alpha value is -3.54. The van der Waals surface area contributed by atoms with Crippen LogP contribution in [0, 0.1) is 11.8 Å². The van der Waals surface area contributed by atoms with Gasteiger partial charge in [0.1, 0.15) is 30.5 Å². The highest BCUT2D eigenvalue weighted by atomic mass is 16.8. The molecule has 12 nitrogen and oxygen atoms in total. The standard InChI is InChI=1S/C31H49NO11/c1-10-12-18(5)38-29(35)42-24-15-14-23(16-25(24)43-30(36)39-19(6)13-11-2)26(27(32)28(33)34)20(7)22(9)41-31(37)40-21(8)17(3)4/h14-22,26-27H,10-13,32H2,1-9H3,(H,33,34)/t18?,19?,20?,21?,22?,26?,27-/m0/s1. The summed E-state index contributed by atoms with van der Waals surface area (Å²) in [4.78, 5) is 49.5. The molecule has 1 aromatic rings. The molecular weight excluding hydrogens is 562 g/mol. The predicted molar refractivity (Wildman–Crippen MR) is 158 cm³/mol. The third-order valence-corrected chi connectivity index (χ3v) is 7.21. The molecule has 0 bridgehead atoms. The van der Waals surface area contributed by atoms with E-state index >= 15 is 0 Å². The zero-order chi connectivity index (χ0) is 32.9. The summed E-state index contributed by atoms with van der Waals surface area (Å²) in [6, 6.07) is 2.74. The zero-order valence-corrected chi connectivity index (χ0v) is 26.8. The molecule has 6 unspecified atom stereocenters. The van der Waals surface area contributed by atoms with E-state index in [2.05, 4.69) is 0 Å². The number of carbonyl (C=O) groups is 4. The van der Waals surface area contributed by atoms with E-state index in [1.165, 1.54) is 18.2 Å². The number of hydrogen-bond donors (Lipinski definition) is 2. The van der Waals surface area contributed by atoms with E-state index in [-0.39, 0.29) is 17.4 Å². The Balaban J connectivity index is 3.42. The van der Waals surface area contributed by atoms with Gasteiger partial charge in [0, 0.05) is 11.8 Å². The van der Waals surface area contributed by atoms with Crippen molar-refractivity contribution in [3.8, 4) is 11.5 Å². The lowest BCUT2D eigenvalue weighted by Gasteiger charge is -2.32. The highest BCUT2D eigenvalue weighted by Gasteiger charge is 2.36. The smallest absolute Gasteiger partial charge is 0.480 e. The predicted octanol–water partition coefficient (Wildman–Crippen LogP) is 6.81. The number of carboxylic acid groups (broad SMARTS) is 1. The molecule has 1 aromatic carbocycles. The van der Waals surface area contributed by atoms with Crippen LogP contribution >= 0.6 is 0 Å². The lowest BCUT2D eigenvalue weighted by atomic mass is 9.79. The van der Waals surface area contributed by atoms with Crippen molar-refractivity contribution in [1.29, 1.82) is 0 Å². The van der Waals surface area contributed by atoms with Gasteiger partial charge in [0.05, 0.1) is 0 Å². The van der Waals surface area contributed by atoms with Crippen LogP contribution < -0.4 is 15.2 Å². The van der Waals surface area contributed by atoms with Gasteiger partial charge in [-0.2, -0.15) is 0 Å². The summed E-state index contributed by atoms with van der Waals surface area (Å²) in [6.07, 6.45) is -2.21. The van der Waals surface area contributed by atoms with E-state index in [0.717, 1.165) is 12.8 Å². The number of carbonyl (C=O) groups excluding carboxylic acids is 3. The van der Waals surface area contributed by atoms with Gasteiger partial charge in [-0.15, -0.1) is 0 Å². The number of nitrogens with two attached hydrogens (primary N) is 1. The summed E-state index contributed by atoms with van der Waals surface area (Å²) in [5, 5.41) is 9.82. The molecule has 12 heteroatoms. The number of ether oxygens (including phenoxy) is 6. The monoisotopic (exact) mass is 611 g/mol. The van der Waals surface area contributed by atoms with Crippen molar-refractivity contribution in [1.82, 2.24) is 0 Å². The van der Waals surface area contributed by atoms with Crippen molar-refractivity contribution < 1.29 is 52.7 Å². The fraction of sp³-hybridized carbons (Fsp3) is 0.677. The minimum absolute atomic E-state index is 0.0661. The topological polar surface area (TPSA) is 170 Å². The van der Waals surface area contributed by atoms with E-state index in [1.54, 1.807) is 34.6 Å². The second-order valence-electron chi connectivity index (χ2n) is 11.2. The van der Waals surface area contributed by atoms with Crippen LogP contribution in [0.3, 0.4) is 0 Å². The molecule has 0 saturated carbocycles. The molecule has 0 fully saturated rings. The molecule has 0 aliphatic heterocycles. The number of carboxylic acids is 1. The summed E-state index contributed by atoms with van der Waals surface area (Å²) in [7, 11) is 0. The van der Waals surface area contributed by atoms with Gasteiger partial charge in [-0.3, -0.25) is 4.79 Å². The van der Waals surface area contributed by atoms with Gasteiger partial charge in [0.2, 0.25) is 0 Å². The molecule has 43 heavy (non-hydrogen) atoms. The average molecular weight is 612 g/mol. The Morgan fingerprint density at radius 1 is 0.721 bits per heavy atom. The van der Waals surface area contributed by atoms with Gasteiger partial charge >= 0.3 is 24.4 Å². The maximum atomic E-state index is 12.6. The molecule has 0 aliphatic rings. The minimum Gasteiger partial charge on any atom is -0.480 e. The molecule has 1 rings (SSSR count). The van der Waals surface area contributed by atoms with Crippen LogP contribution in [0.25, 0.3) is 0 Å². The third kappa shape index (κ3) is 12.7. The molecule has 0 radical (unpaired) electrons. The molecule has 244 valence electrons. The maximum absolute atomic E-state index is 12.6. The quantitative estimate of drug-likeness (QED) is 0.114. The molecule has 0 amide bonds. The first-order chi connectivity index (χ1) is 20.1. The van der Waals surface area contributed by atoms with Crippen molar-refractivity contribution >= 4 is 24.4 Å². The first-order valence-electron chi connectivity index (χ1n) is 14.9. The number of aliphatic carboxylic acids is 1. The number of rotatable bonds is 16. The fourth-order valence-corrected chi connectivity index (χ4v) is 4.24.